The highest BCUT2D eigenvalue weighted by atomic mass is 35.5. The molecule has 1 aromatic carbocycles. The van der Waals surface area contributed by atoms with E-state index in [1.54, 1.807) is 0 Å². The number of nitrogens with one attached hydrogen (secondary N) is 2. The first-order valence-corrected chi connectivity index (χ1v) is 7.86. The number of aromatic carboxylic acids is 1. The van der Waals surface area contributed by atoms with Crippen LogP contribution in [0.1, 0.15) is 16.1 Å². The van der Waals surface area contributed by atoms with E-state index in [2.05, 4.69) is 9.71 Å². The van der Waals surface area contributed by atoms with Crippen molar-refractivity contribution in [2.45, 2.75) is 11.8 Å². The van der Waals surface area contributed by atoms with Gasteiger partial charge in [0.25, 0.3) is 10.0 Å². The van der Waals surface area contributed by atoms with Crippen LogP contribution in [0.15, 0.2) is 29.3 Å². The van der Waals surface area contributed by atoms with Crippen LogP contribution in [0, 0.1) is 6.92 Å². The number of carboxylic acids is 1. The normalized spacial score (nSPS) is 11.4. The average molecular weight is 349 g/mol. The molecule has 21 heavy (non-hydrogen) atoms. The Balaban J connectivity index is 2.51. The molecule has 112 valence electrons. The van der Waals surface area contributed by atoms with Gasteiger partial charge in [0, 0.05) is 11.9 Å². The van der Waals surface area contributed by atoms with Gasteiger partial charge in [-0.25, -0.2) is 13.2 Å². The smallest absolute Gasteiger partial charge is 0.339 e. The molecule has 0 saturated heterocycles. The Kier molecular flexibility index (Phi) is 4.18. The van der Waals surface area contributed by atoms with E-state index in [0.29, 0.717) is 5.69 Å². The van der Waals surface area contributed by atoms with Gasteiger partial charge in [-0.3, -0.25) is 4.72 Å². The van der Waals surface area contributed by atoms with E-state index in [4.69, 9.17) is 28.3 Å². The molecule has 0 atom stereocenters. The second-order valence-electron chi connectivity index (χ2n) is 4.16. The number of carbonyl (C=O) groups is 1. The molecule has 1 heterocycles. The van der Waals surface area contributed by atoms with Crippen LogP contribution in [0.5, 0.6) is 0 Å². The predicted molar refractivity (Wildman–Crippen MR) is 79.8 cm³/mol. The van der Waals surface area contributed by atoms with Crippen LogP contribution in [-0.4, -0.2) is 24.5 Å². The molecule has 0 aliphatic rings. The maximum Gasteiger partial charge on any atom is 0.339 e. The highest BCUT2D eigenvalue weighted by Gasteiger charge is 2.25. The summed E-state index contributed by atoms with van der Waals surface area (Å²) in [4.78, 5) is 13.5. The SMILES string of the molecule is Cc1[nH]cc(NS(=O)(=O)c2c(Cl)cccc2Cl)c1C(=O)O. The number of hydrogen-bond acceptors (Lipinski definition) is 3. The number of hydrogen-bond donors (Lipinski definition) is 3. The van der Waals surface area contributed by atoms with E-state index >= 15 is 0 Å². The molecule has 3 N–H and O–H groups in total. The fraction of sp³-hybridized carbons (Fsp3) is 0.0833. The molecule has 0 aliphatic carbocycles. The van der Waals surface area contributed by atoms with Gasteiger partial charge >= 0.3 is 5.97 Å². The van der Waals surface area contributed by atoms with E-state index < -0.39 is 16.0 Å². The number of H-pyrrole nitrogens is 1. The lowest BCUT2D eigenvalue weighted by Crippen LogP contribution is -2.15. The lowest BCUT2D eigenvalue weighted by Gasteiger charge is -2.10. The largest absolute Gasteiger partial charge is 0.478 e. The van der Waals surface area contributed by atoms with Crippen molar-refractivity contribution in [2.24, 2.45) is 0 Å². The predicted octanol–water partition coefficient (Wildman–Crippen LogP) is 3.13. The summed E-state index contributed by atoms with van der Waals surface area (Å²) in [5, 5.41) is 8.99. The summed E-state index contributed by atoms with van der Waals surface area (Å²) >= 11 is 11.7. The standard InChI is InChI=1S/C12H10Cl2N2O4S/c1-6-10(12(17)18)9(5-15-6)16-21(19,20)11-7(13)3-2-4-8(11)14/h2-5,15-16H,1H3,(H,17,18). The van der Waals surface area contributed by atoms with E-state index in [9.17, 15) is 13.2 Å². The number of benzene rings is 1. The zero-order chi connectivity index (χ0) is 15.8. The Labute approximate surface area is 130 Å². The second-order valence-corrected chi connectivity index (χ2v) is 6.60. The Morgan fingerprint density at radius 2 is 1.86 bits per heavy atom. The molecule has 0 spiro atoms. The van der Waals surface area contributed by atoms with Gasteiger partial charge < -0.3 is 10.1 Å². The van der Waals surface area contributed by atoms with Crippen LogP contribution in [0.25, 0.3) is 0 Å². The number of aromatic amines is 1. The minimum absolute atomic E-state index is 0.0564. The van der Waals surface area contributed by atoms with Crippen LogP contribution in [0.2, 0.25) is 10.0 Å². The molecule has 0 saturated carbocycles. The molecule has 6 nitrogen and oxygen atoms in total. The van der Waals surface area contributed by atoms with Crippen molar-refractivity contribution in [3.8, 4) is 0 Å². The van der Waals surface area contributed by atoms with Crippen molar-refractivity contribution >= 4 is 44.9 Å². The number of aromatic nitrogens is 1. The average Bonchev–Trinajstić information content (AvgIpc) is 2.68. The van der Waals surface area contributed by atoms with Gasteiger partial charge in [-0.15, -0.1) is 0 Å². The second kappa shape index (κ2) is 5.59. The first-order valence-electron chi connectivity index (χ1n) is 5.62. The monoisotopic (exact) mass is 348 g/mol. The summed E-state index contributed by atoms with van der Waals surface area (Å²) < 4.78 is 26.9. The van der Waals surface area contributed by atoms with E-state index in [1.165, 1.54) is 31.3 Å². The molecule has 0 bridgehead atoms. The van der Waals surface area contributed by atoms with Crippen molar-refractivity contribution in [1.29, 1.82) is 0 Å². The molecular weight excluding hydrogens is 339 g/mol. The molecule has 1 aromatic heterocycles. The van der Waals surface area contributed by atoms with Crippen molar-refractivity contribution in [3.63, 3.8) is 0 Å². The van der Waals surface area contributed by atoms with Crippen molar-refractivity contribution in [1.82, 2.24) is 4.98 Å². The van der Waals surface area contributed by atoms with Crippen LogP contribution in [-0.2, 0) is 10.0 Å². The number of anilines is 1. The van der Waals surface area contributed by atoms with Gasteiger partial charge in [0.1, 0.15) is 10.5 Å². The Hall–Kier alpha value is -1.70. The van der Waals surface area contributed by atoms with Gasteiger partial charge in [0.15, 0.2) is 0 Å². The Morgan fingerprint density at radius 1 is 1.29 bits per heavy atom. The van der Waals surface area contributed by atoms with Gasteiger partial charge in [0.2, 0.25) is 0 Å². The lowest BCUT2D eigenvalue weighted by atomic mass is 10.2. The zero-order valence-electron chi connectivity index (χ0n) is 10.6. The van der Waals surface area contributed by atoms with Crippen LogP contribution >= 0.6 is 23.2 Å². The summed E-state index contributed by atoms with van der Waals surface area (Å²) in [6, 6.07) is 4.26. The summed E-state index contributed by atoms with van der Waals surface area (Å²) in [6.07, 6.45) is 1.25. The number of carboxylic acid groups (broad SMARTS) is 1. The number of halogens is 2. The lowest BCUT2D eigenvalue weighted by molar-refractivity contribution is 0.0697. The fourth-order valence-electron chi connectivity index (χ4n) is 1.82. The highest BCUT2D eigenvalue weighted by Crippen LogP contribution is 2.31. The van der Waals surface area contributed by atoms with E-state index in [-0.39, 0.29) is 26.2 Å². The van der Waals surface area contributed by atoms with Crippen LogP contribution < -0.4 is 4.72 Å². The van der Waals surface area contributed by atoms with Gasteiger partial charge in [0.05, 0.1) is 15.7 Å². The van der Waals surface area contributed by atoms with Gasteiger partial charge in [-0.2, -0.15) is 0 Å². The molecule has 0 unspecified atom stereocenters. The summed E-state index contributed by atoms with van der Waals surface area (Å²) in [6.45, 7) is 1.52. The first kappa shape index (κ1) is 15.7. The minimum Gasteiger partial charge on any atom is -0.478 e. The third-order valence-electron chi connectivity index (χ3n) is 2.72. The maximum atomic E-state index is 12.3. The molecule has 0 amide bonds. The molecule has 0 radical (unpaired) electrons. The molecule has 2 rings (SSSR count). The third-order valence-corrected chi connectivity index (χ3v) is 5.04. The summed E-state index contributed by atoms with van der Waals surface area (Å²) in [5.41, 5.74) is 0.0724. The Bertz CT molecular complexity index is 794. The number of aryl methyl sites for hydroxylation is 1. The first-order chi connectivity index (χ1) is 9.74. The molecule has 2 aromatic rings. The zero-order valence-corrected chi connectivity index (χ0v) is 13.0. The van der Waals surface area contributed by atoms with Gasteiger partial charge in [-0.1, -0.05) is 29.3 Å². The van der Waals surface area contributed by atoms with Crippen molar-refractivity contribution in [2.75, 3.05) is 4.72 Å². The molecule has 9 heteroatoms. The van der Waals surface area contributed by atoms with Crippen LogP contribution in [0.3, 0.4) is 0 Å². The van der Waals surface area contributed by atoms with E-state index in [1.807, 2.05) is 0 Å². The van der Waals surface area contributed by atoms with Crippen molar-refractivity contribution in [3.05, 3.63) is 45.7 Å². The van der Waals surface area contributed by atoms with Crippen molar-refractivity contribution < 1.29 is 18.3 Å². The maximum absolute atomic E-state index is 12.3. The fourth-order valence-corrected chi connectivity index (χ4v) is 4.03. The highest BCUT2D eigenvalue weighted by molar-refractivity contribution is 7.93. The Morgan fingerprint density at radius 3 is 2.38 bits per heavy atom. The molecular formula is C12H10Cl2N2O4S. The van der Waals surface area contributed by atoms with Gasteiger partial charge in [-0.05, 0) is 19.1 Å². The number of rotatable bonds is 4. The van der Waals surface area contributed by atoms with E-state index in [0.717, 1.165) is 0 Å². The molecule has 0 fully saturated rings. The molecule has 0 aliphatic heterocycles. The minimum atomic E-state index is -4.11. The number of sulfonamides is 1. The quantitative estimate of drug-likeness (QED) is 0.790. The topological polar surface area (TPSA) is 99.3 Å². The third kappa shape index (κ3) is 2.99. The summed E-state index contributed by atoms with van der Waals surface area (Å²) in [5.74, 6) is -1.25. The summed E-state index contributed by atoms with van der Waals surface area (Å²) in [7, 11) is -4.11. The van der Waals surface area contributed by atoms with Crippen LogP contribution in [0.4, 0.5) is 5.69 Å².